The van der Waals surface area contributed by atoms with Gasteiger partial charge in [0.2, 0.25) is 5.95 Å². The van der Waals surface area contributed by atoms with Gasteiger partial charge in [0.15, 0.2) is 5.82 Å². The fourth-order valence-electron chi connectivity index (χ4n) is 1.38. The average Bonchev–Trinajstić information content (AvgIpc) is 2.71. The summed E-state index contributed by atoms with van der Waals surface area (Å²) in [7, 11) is 3.74. The predicted molar refractivity (Wildman–Crippen MR) is 54.6 cm³/mol. The molecule has 1 N–H and O–H groups in total. The first-order valence-electron chi connectivity index (χ1n) is 4.44. The monoisotopic (exact) mass is 191 g/mol. The molecular weight excluding hydrogens is 178 g/mol. The smallest absolute Gasteiger partial charge is 0.208 e. The normalized spacial score (nSPS) is 10.5. The van der Waals surface area contributed by atoms with Gasteiger partial charge in [0, 0.05) is 32.6 Å². The van der Waals surface area contributed by atoms with Crippen LogP contribution in [0.5, 0.6) is 0 Å². The van der Waals surface area contributed by atoms with Gasteiger partial charge in [0.25, 0.3) is 0 Å². The molecule has 5 nitrogen and oxygen atoms in total. The van der Waals surface area contributed by atoms with Gasteiger partial charge in [-0.2, -0.15) is 5.10 Å². The molecule has 14 heavy (non-hydrogen) atoms. The van der Waals surface area contributed by atoms with E-state index >= 15 is 0 Å². The number of hydrogen-bond acceptors (Lipinski definition) is 3. The highest BCUT2D eigenvalue weighted by Gasteiger charge is 2.07. The first-order valence-corrected chi connectivity index (χ1v) is 4.44. The third kappa shape index (κ3) is 1.37. The Morgan fingerprint density at radius 1 is 1.43 bits per heavy atom. The maximum absolute atomic E-state index is 4.32. The highest BCUT2D eigenvalue weighted by molar-refractivity contribution is 5.37. The van der Waals surface area contributed by atoms with Crippen LogP contribution in [0.15, 0.2) is 18.5 Å². The van der Waals surface area contributed by atoms with Gasteiger partial charge in [-0.25, -0.2) is 4.98 Å². The van der Waals surface area contributed by atoms with Crippen molar-refractivity contribution in [3.8, 4) is 5.82 Å². The standard InChI is InChI=1S/C9H13N5/c1-7-6-14(9(10-2)11-7)8-4-5-13(3)12-8/h4-6H,1-3H3,(H,10,11). The van der Waals surface area contributed by atoms with Gasteiger partial charge in [-0.1, -0.05) is 0 Å². The van der Waals surface area contributed by atoms with Crippen molar-refractivity contribution in [2.75, 3.05) is 12.4 Å². The van der Waals surface area contributed by atoms with Gasteiger partial charge >= 0.3 is 0 Å². The zero-order valence-electron chi connectivity index (χ0n) is 8.52. The Balaban J connectivity index is 2.49. The number of rotatable bonds is 2. The van der Waals surface area contributed by atoms with E-state index in [1.165, 1.54) is 0 Å². The summed E-state index contributed by atoms with van der Waals surface area (Å²) in [5.74, 6) is 1.68. The van der Waals surface area contributed by atoms with E-state index in [2.05, 4.69) is 15.4 Å². The summed E-state index contributed by atoms with van der Waals surface area (Å²) in [6, 6.07) is 1.95. The molecule has 0 saturated carbocycles. The lowest BCUT2D eigenvalue weighted by Crippen LogP contribution is -2.01. The van der Waals surface area contributed by atoms with E-state index in [9.17, 15) is 0 Å². The van der Waals surface area contributed by atoms with Crippen LogP contribution in [0.2, 0.25) is 0 Å². The van der Waals surface area contributed by atoms with Crippen LogP contribution in [0.4, 0.5) is 5.95 Å². The van der Waals surface area contributed by atoms with Crippen molar-refractivity contribution in [1.82, 2.24) is 19.3 Å². The minimum Gasteiger partial charge on any atom is -0.358 e. The fourth-order valence-corrected chi connectivity index (χ4v) is 1.38. The van der Waals surface area contributed by atoms with Gasteiger partial charge in [-0.05, 0) is 6.92 Å². The molecule has 74 valence electrons. The summed E-state index contributed by atoms with van der Waals surface area (Å²) in [4.78, 5) is 4.32. The van der Waals surface area contributed by atoms with Gasteiger partial charge in [-0.3, -0.25) is 9.25 Å². The minimum atomic E-state index is 0.807. The molecule has 0 aromatic carbocycles. The van der Waals surface area contributed by atoms with Crippen molar-refractivity contribution in [2.45, 2.75) is 6.92 Å². The zero-order valence-corrected chi connectivity index (χ0v) is 8.52. The van der Waals surface area contributed by atoms with Gasteiger partial charge in [0.1, 0.15) is 0 Å². The average molecular weight is 191 g/mol. The Labute approximate surface area is 82.4 Å². The van der Waals surface area contributed by atoms with E-state index in [1.54, 1.807) is 4.68 Å². The lowest BCUT2D eigenvalue weighted by Gasteiger charge is -2.01. The molecule has 2 aromatic heterocycles. The molecule has 2 heterocycles. The van der Waals surface area contributed by atoms with Crippen molar-refractivity contribution < 1.29 is 0 Å². The quantitative estimate of drug-likeness (QED) is 0.769. The predicted octanol–water partition coefficient (Wildman–Crippen LogP) is 0.956. The van der Waals surface area contributed by atoms with Crippen LogP contribution in [0.25, 0.3) is 5.82 Å². The Bertz CT molecular complexity index is 440. The summed E-state index contributed by atoms with van der Waals surface area (Å²) in [5.41, 5.74) is 0.972. The van der Waals surface area contributed by atoms with Crippen LogP contribution in [-0.4, -0.2) is 26.4 Å². The molecule has 0 unspecified atom stereocenters. The molecule has 5 heteroatoms. The van der Waals surface area contributed by atoms with Crippen molar-refractivity contribution in [3.63, 3.8) is 0 Å². The molecule has 0 aliphatic carbocycles. The number of nitrogens with one attached hydrogen (secondary N) is 1. The fraction of sp³-hybridized carbons (Fsp3) is 0.333. The summed E-state index contributed by atoms with van der Waals surface area (Å²) >= 11 is 0. The molecule has 0 bridgehead atoms. The largest absolute Gasteiger partial charge is 0.358 e. The van der Waals surface area contributed by atoms with Crippen molar-refractivity contribution in [2.24, 2.45) is 7.05 Å². The molecule has 0 atom stereocenters. The molecule has 0 amide bonds. The van der Waals surface area contributed by atoms with Crippen LogP contribution in [0, 0.1) is 6.92 Å². The molecule has 0 fully saturated rings. The molecular formula is C9H13N5. The summed E-state index contributed by atoms with van der Waals surface area (Å²) in [5, 5.41) is 7.33. The first-order chi connectivity index (χ1) is 6.70. The van der Waals surface area contributed by atoms with E-state index < -0.39 is 0 Å². The Hall–Kier alpha value is -1.78. The van der Waals surface area contributed by atoms with Crippen LogP contribution in [0.1, 0.15) is 5.69 Å². The van der Waals surface area contributed by atoms with Crippen LogP contribution >= 0.6 is 0 Å². The van der Waals surface area contributed by atoms with Crippen LogP contribution < -0.4 is 5.32 Å². The van der Waals surface area contributed by atoms with Crippen molar-refractivity contribution in [1.29, 1.82) is 0 Å². The lowest BCUT2D eigenvalue weighted by atomic mass is 10.5. The molecule has 0 aliphatic rings. The number of aromatic nitrogens is 4. The van der Waals surface area contributed by atoms with Gasteiger partial charge < -0.3 is 5.32 Å². The van der Waals surface area contributed by atoms with E-state index in [0.29, 0.717) is 0 Å². The maximum atomic E-state index is 4.32. The first kappa shape index (κ1) is 8.80. The second-order valence-electron chi connectivity index (χ2n) is 3.17. The van der Waals surface area contributed by atoms with Gasteiger partial charge in [0.05, 0.1) is 5.69 Å². The van der Waals surface area contributed by atoms with E-state index in [1.807, 2.05) is 44.0 Å². The van der Waals surface area contributed by atoms with E-state index in [4.69, 9.17) is 0 Å². The Kier molecular flexibility index (Phi) is 1.99. The van der Waals surface area contributed by atoms with Gasteiger partial charge in [-0.15, -0.1) is 0 Å². The summed E-state index contributed by atoms with van der Waals surface area (Å²) in [6.07, 6.45) is 3.86. The number of aryl methyl sites for hydroxylation is 2. The van der Waals surface area contributed by atoms with E-state index in [-0.39, 0.29) is 0 Å². The second-order valence-corrected chi connectivity index (χ2v) is 3.17. The molecule has 2 rings (SSSR count). The molecule has 0 saturated heterocycles. The molecule has 0 radical (unpaired) electrons. The highest BCUT2D eigenvalue weighted by Crippen LogP contribution is 2.13. The van der Waals surface area contributed by atoms with Crippen LogP contribution in [0.3, 0.4) is 0 Å². The van der Waals surface area contributed by atoms with Crippen molar-refractivity contribution in [3.05, 3.63) is 24.2 Å². The minimum absolute atomic E-state index is 0.807. The second kappa shape index (κ2) is 3.17. The summed E-state index contributed by atoms with van der Waals surface area (Å²) < 4.78 is 3.69. The Morgan fingerprint density at radius 2 is 2.21 bits per heavy atom. The SMILES string of the molecule is CNc1nc(C)cn1-c1ccn(C)n1. The zero-order chi connectivity index (χ0) is 10.1. The lowest BCUT2D eigenvalue weighted by molar-refractivity contribution is 0.752. The topological polar surface area (TPSA) is 47.7 Å². The Morgan fingerprint density at radius 3 is 2.79 bits per heavy atom. The molecule has 0 aliphatic heterocycles. The van der Waals surface area contributed by atoms with Crippen molar-refractivity contribution >= 4 is 5.95 Å². The molecule has 2 aromatic rings. The maximum Gasteiger partial charge on any atom is 0.208 e. The third-order valence-corrected chi connectivity index (χ3v) is 2.00. The number of anilines is 1. The number of imidazole rings is 1. The number of nitrogens with zero attached hydrogens (tertiary/aromatic N) is 4. The summed E-state index contributed by atoms with van der Waals surface area (Å²) in [6.45, 7) is 1.96. The molecule has 0 spiro atoms. The van der Waals surface area contributed by atoms with E-state index in [0.717, 1.165) is 17.5 Å². The van der Waals surface area contributed by atoms with Crippen LogP contribution in [-0.2, 0) is 7.05 Å². The number of hydrogen-bond donors (Lipinski definition) is 1. The third-order valence-electron chi connectivity index (χ3n) is 2.00. The highest BCUT2D eigenvalue weighted by atomic mass is 15.3.